The number of hydrogen-bond acceptors (Lipinski definition) is 4. The molecule has 4 rings (SSSR count). The SMILES string of the molecule is COc1ccccc1C(=O)N1CCC(NC(=O)C2CC(=O)N(C(C)c3ccccc3)C2)CC1. The second-order valence-corrected chi connectivity index (χ2v) is 8.81. The molecule has 0 aromatic heterocycles. The fourth-order valence-electron chi connectivity index (χ4n) is 4.73. The molecule has 3 amide bonds. The number of carbonyl (C=O) groups excluding carboxylic acids is 3. The maximum atomic E-state index is 12.9. The maximum absolute atomic E-state index is 12.9. The van der Waals surface area contributed by atoms with E-state index in [4.69, 9.17) is 4.74 Å². The third-order valence-electron chi connectivity index (χ3n) is 6.74. The van der Waals surface area contributed by atoms with Crippen molar-refractivity contribution in [2.45, 2.75) is 38.3 Å². The average molecular weight is 450 g/mol. The van der Waals surface area contributed by atoms with Gasteiger partial charge in [0.2, 0.25) is 11.8 Å². The zero-order chi connectivity index (χ0) is 23.4. The van der Waals surface area contributed by atoms with Gasteiger partial charge in [-0.15, -0.1) is 0 Å². The molecule has 174 valence electrons. The van der Waals surface area contributed by atoms with Crippen LogP contribution in [0.3, 0.4) is 0 Å². The summed E-state index contributed by atoms with van der Waals surface area (Å²) >= 11 is 0. The number of hydrogen-bond donors (Lipinski definition) is 1. The van der Waals surface area contributed by atoms with Crippen molar-refractivity contribution in [1.82, 2.24) is 15.1 Å². The van der Waals surface area contributed by atoms with E-state index >= 15 is 0 Å². The molecule has 2 aromatic carbocycles. The lowest BCUT2D eigenvalue weighted by atomic mass is 10.0. The molecule has 2 aromatic rings. The van der Waals surface area contributed by atoms with Gasteiger partial charge in [0.15, 0.2) is 0 Å². The molecule has 0 radical (unpaired) electrons. The minimum Gasteiger partial charge on any atom is -0.496 e. The predicted molar refractivity (Wildman–Crippen MR) is 125 cm³/mol. The highest BCUT2D eigenvalue weighted by atomic mass is 16.5. The van der Waals surface area contributed by atoms with Gasteiger partial charge in [-0.1, -0.05) is 42.5 Å². The Morgan fingerprint density at radius 1 is 1.03 bits per heavy atom. The first kappa shape index (κ1) is 22.8. The number of piperidine rings is 1. The molecule has 2 aliphatic rings. The number of benzene rings is 2. The Bertz CT molecular complexity index is 1000. The summed E-state index contributed by atoms with van der Waals surface area (Å²) in [5.74, 6) is 0.128. The van der Waals surface area contributed by atoms with Crippen molar-refractivity contribution in [2.24, 2.45) is 5.92 Å². The average Bonchev–Trinajstić information content (AvgIpc) is 3.25. The summed E-state index contributed by atoms with van der Waals surface area (Å²) in [6.07, 6.45) is 1.63. The highest BCUT2D eigenvalue weighted by Crippen LogP contribution is 2.29. The normalized spacial score (nSPS) is 19.9. The first-order valence-corrected chi connectivity index (χ1v) is 11.5. The van der Waals surface area contributed by atoms with E-state index in [0.29, 0.717) is 43.8 Å². The van der Waals surface area contributed by atoms with E-state index in [2.05, 4.69) is 5.32 Å². The maximum Gasteiger partial charge on any atom is 0.257 e. The van der Waals surface area contributed by atoms with E-state index in [1.807, 2.05) is 54.3 Å². The first-order chi connectivity index (χ1) is 16.0. The molecule has 2 aliphatic heterocycles. The van der Waals surface area contributed by atoms with Gasteiger partial charge in [0.05, 0.1) is 24.6 Å². The number of likely N-dealkylation sites (tertiary alicyclic amines) is 2. The molecular formula is C26H31N3O4. The van der Waals surface area contributed by atoms with Crippen molar-refractivity contribution in [3.8, 4) is 5.75 Å². The summed E-state index contributed by atoms with van der Waals surface area (Å²) in [5, 5.41) is 3.12. The zero-order valence-electron chi connectivity index (χ0n) is 19.2. The number of amides is 3. The Kier molecular flexibility index (Phi) is 6.96. The van der Waals surface area contributed by atoms with Crippen LogP contribution in [0.25, 0.3) is 0 Å². The molecule has 0 aliphatic carbocycles. The van der Waals surface area contributed by atoms with Crippen LogP contribution in [0.1, 0.15) is 48.1 Å². The number of carbonyl (C=O) groups is 3. The summed E-state index contributed by atoms with van der Waals surface area (Å²) in [6, 6.07) is 17.1. The molecule has 2 atom stereocenters. The van der Waals surface area contributed by atoms with Gasteiger partial charge in [-0.2, -0.15) is 0 Å². The third-order valence-corrected chi connectivity index (χ3v) is 6.74. The van der Waals surface area contributed by atoms with Crippen molar-refractivity contribution in [1.29, 1.82) is 0 Å². The lowest BCUT2D eigenvalue weighted by Gasteiger charge is -2.33. The molecule has 2 saturated heterocycles. The summed E-state index contributed by atoms with van der Waals surface area (Å²) in [5.41, 5.74) is 1.62. The molecule has 0 bridgehead atoms. The fourth-order valence-corrected chi connectivity index (χ4v) is 4.73. The van der Waals surface area contributed by atoms with Crippen molar-refractivity contribution in [2.75, 3.05) is 26.7 Å². The van der Waals surface area contributed by atoms with Gasteiger partial charge in [-0.3, -0.25) is 14.4 Å². The van der Waals surface area contributed by atoms with Gasteiger partial charge in [-0.05, 0) is 37.5 Å². The number of ether oxygens (including phenoxy) is 1. The smallest absolute Gasteiger partial charge is 0.257 e. The zero-order valence-corrected chi connectivity index (χ0v) is 19.2. The van der Waals surface area contributed by atoms with E-state index in [0.717, 1.165) is 5.56 Å². The molecular weight excluding hydrogens is 418 g/mol. The number of rotatable bonds is 6. The molecule has 0 spiro atoms. The fraction of sp³-hybridized carbons (Fsp3) is 0.423. The second-order valence-electron chi connectivity index (χ2n) is 8.81. The van der Waals surface area contributed by atoms with E-state index in [9.17, 15) is 14.4 Å². The number of para-hydroxylation sites is 1. The molecule has 7 nitrogen and oxygen atoms in total. The Labute approximate surface area is 194 Å². The summed E-state index contributed by atoms with van der Waals surface area (Å²) in [7, 11) is 1.56. The molecule has 1 N–H and O–H groups in total. The largest absolute Gasteiger partial charge is 0.496 e. The van der Waals surface area contributed by atoms with Gasteiger partial charge in [0.25, 0.3) is 5.91 Å². The summed E-state index contributed by atoms with van der Waals surface area (Å²) in [6.45, 7) is 3.58. The number of methoxy groups -OCH3 is 1. The van der Waals surface area contributed by atoms with Crippen LogP contribution in [0.5, 0.6) is 5.75 Å². The van der Waals surface area contributed by atoms with Crippen LogP contribution in [0.4, 0.5) is 0 Å². The van der Waals surface area contributed by atoms with Crippen LogP contribution in [0.15, 0.2) is 54.6 Å². The minimum atomic E-state index is -0.336. The van der Waals surface area contributed by atoms with Crippen LogP contribution in [-0.2, 0) is 9.59 Å². The molecule has 0 saturated carbocycles. The van der Waals surface area contributed by atoms with Crippen LogP contribution < -0.4 is 10.1 Å². The molecule has 7 heteroatoms. The minimum absolute atomic E-state index is 0.00918. The highest BCUT2D eigenvalue weighted by Gasteiger charge is 2.38. The van der Waals surface area contributed by atoms with Crippen LogP contribution >= 0.6 is 0 Å². The first-order valence-electron chi connectivity index (χ1n) is 11.5. The Balaban J connectivity index is 1.29. The number of nitrogens with one attached hydrogen (secondary N) is 1. The Morgan fingerprint density at radius 2 is 1.70 bits per heavy atom. The van der Waals surface area contributed by atoms with Crippen molar-refractivity contribution in [3.63, 3.8) is 0 Å². The van der Waals surface area contributed by atoms with Gasteiger partial charge >= 0.3 is 0 Å². The highest BCUT2D eigenvalue weighted by molar-refractivity contribution is 5.97. The standard InChI is InChI=1S/C26H31N3O4/c1-18(19-8-4-3-5-9-19)29-17-20(16-24(29)30)25(31)27-21-12-14-28(15-13-21)26(32)22-10-6-7-11-23(22)33-2/h3-11,18,20-21H,12-17H2,1-2H3,(H,27,31). The van der Waals surface area contributed by atoms with E-state index in [1.165, 1.54) is 0 Å². The van der Waals surface area contributed by atoms with E-state index in [1.54, 1.807) is 24.1 Å². The molecule has 2 fully saturated rings. The molecule has 2 unspecified atom stereocenters. The van der Waals surface area contributed by atoms with Crippen molar-refractivity contribution < 1.29 is 19.1 Å². The van der Waals surface area contributed by atoms with Gasteiger partial charge in [0.1, 0.15) is 5.75 Å². The second kappa shape index (κ2) is 10.1. The summed E-state index contributed by atoms with van der Waals surface area (Å²) in [4.78, 5) is 42.0. The van der Waals surface area contributed by atoms with Gasteiger partial charge in [0, 0.05) is 32.1 Å². The molecule has 33 heavy (non-hydrogen) atoms. The van der Waals surface area contributed by atoms with Crippen LogP contribution in [0, 0.1) is 5.92 Å². The third kappa shape index (κ3) is 5.02. The lowest BCUT2D eigenvalue weighted by molar-refractivity contribution is -0.130. The van der Waals surface area contributed by atoms with E-state index in [-0.39, 0.29) is 42.1 Å². The van der Waals surface area contributed by atoms with Crippen LogP contribution in [-0.4, -0.2) is 60.3 Å². The topological polar surface area (TPSA) is 79.0 Å². The Hall–Kier alpha value is -3.35. The van der Waals surface area contributed by atoms with Crippen molar-refractivity contribution >= 4 is 17.7 Å². The van der Waals surface area contributed by atoms with Crippen molar-refractivity contribution in [3.05, 3.63) is 65.7 Å². The Morgan fingerprint density at radius 3 is 2.39 bits per heavy atom. The predicted octanol–water partition coefficient (Wildman–Crippen LogP) is 3.03. The molecule has 2 heterocycles. The quantitative estimate of drug-likeness (QED) is 0.735. The van der Waals surface area contributed by atoms with Gasteiger partial charge in [-0.25, -0.2) is 0 Å². The summed E-state index contributed by atoms with van der Waals surface area (Å²) < 4.78 is 5.31. The van der Waals surface area contributed by atoms with E-state index < -0.39 is 0 Å². The lowest BCUT2D eigenvalue weighted by Crippen LogP contribution is -2.48. The van der Waals surface area contributed by atoms with Crippen LogP contribution in [0.2, 0.25) is 0 Å². The van der Waals surface area contributed by atoms with Gasteiger partial charge < -0.3 is 19.9 Å². The monoisotopic (exact) mass is 449 g/mol. The number of nitrogens with zero attached hydrogens (tertiary/aromatic N) is 2.